The van der Waals surface area contributed by atoms with Crippen LogP contribution in [-0.4, -0.2) is 41.8 Å². The first-order valence-electron chi connectivity index (χ1n) is 7.02. The van der Waals surface area contributed by atoms with Crippen LogP contribution in [0.15, 0.2) is 23.1 Å². The largest absolute Gasteiger partial charge is 0.497 e. The molecule has 1 atom stereocenters. The van der Waals surface area contributed by atoms with Crippen LogP contribution in [0.4, 0.5) is 0 Å². The predicted molar refractivity (Wildman–Crippen MR) is 80.4 cm³/mol. The first-order valence-corrected chi connectivity index (χ1v) is 8.50. The molecule has 0 spiro atoms. The molecule has 1 aliphatic rings. The first kappa shape index (κ1) is 16.1. The second kappa shape index (κ2) is 7.11. The van der Waals surface area contributed by atoms with E-state index in [9.17, 15) is 8.42 Å². The van der Waals surface area contributed by atoms with E-state index >= 15 is 0 Å². The summed E-state index contributed by atoms with van der Waals surface area (Å²) in [5.41, 5.74) is 0. The fourth-order valence-electron chi connectivity index (χ4n) is 2.45. The summed E-state index contributed by atoms with van der Waals surface area (Å²) in [6, 6.07) is 5.07. The number of rotatable bonds is 7. The summed E-state index contributed by atoms with van der Waals surface area (Å²) in [6.07, 6.45) is 3.05. The molecule has 1 fully saturated rings. The molecule has 1 heterocycles. The van der Waals surface area contributed by atoms with Crippen molar-refractivity contribution < 1.29 is 17.9 Å². The molecule has 0 radical (unpaired) electrons. The molecule has 0 saturated carbocycles. The van der Waals surface area contributed by atoms with E-state index in [0.717, 1.165) is 25.8 Å². The molecule has 1 aliphatic heterocycles. The summed E-state index contributed by atoms with van der Waals surface area (Å²) >= 11 is 0. The van der Waals surface area contributed by atoms with Crippen molar-refractivity contribution in [2.45, 2.75) is 30.2 Å². The van der Waals surface area contributed by atoms with Gasteiger partial charge in [-0.15, -0.1) is 0 Å². The third-order valence-corrected chi connectivity index (χ3v) is 5.11. The van der Waals surface area contributed by atoms with Gasteiger partial charge in [0.1, 0.15) is 16.4 Å². The number of methoxy groups -OCH3 is 2. The topological polar surface area (TPSA) is 76.7 Å². The Labute approximate surface area is 125 Å². The molecule has 21 heavy (non-hydrogen) atoms. The first-order chi connectivity index (χ1) is 10.1. The van der Waals surface area contributed by atoms with Gasteiger partial charge in [-0.2, -0.15) is 0 Å². The Kier molecular flexibility index (Phi) is 5.44. The van der Waals surface area contributed by atoms with Gasteiger partial charge >= 0.3 is 0 Å². The lowest BCUT2D eigenvalue weighted by molar-refractivity contribution is 0.386. The van der Waals surface area contributed by atoms with Crippen molar-refractivity contribution in [2.24, 2.45) is 0 Å². The minimum atomic E-state index is -3.58. The highest BCUT2D eigenvalue weighted by Crippen LogP contribution is 2.28. The SMILES string of the molecule is COc1ccc(S(=O)(=O)NCC[C@@H]2CCCN2)c(OC)c1. The summed E-state index contributed by atoms with van der Waals surface area (Å²) in [5, 5.41) is 3.34. The van der Waals surface area contributed by atoms with E-state index in [4.69, 9.17) is 9.47 Å². The van der Waals surface area contributed by atoms with Crippen molar-refractivity contribution in [3.05, 3.63) is 18.2 Å². The molecular formula is C14H22N2O4S. The summed E-state index contributed by atoms with van der Waals surface area (Å²) < 4.78 is 37.5. The van der Waals surface area contributed by atoms with Crippen LogP contribution >= 0.6 is 0 Å². The molecule has 0 amide bonds. The van der Waals surface area contributed by atoms with Gasteiger partial charge in [0.05, 0.1) is 14.2 Å². The van der Waals surface area contributed by atoms with Gasteiger partial charge in [0, 0.05) is 18.7 Å². The Hall–Kier alpha value is -1.31. The van der Waals surface area contributed by atoms with Gasteiger partial charge < -0.3 is 14.8 Å². The smallest absolute Gasteiger partial charge is 0.244 e. The van der Waals surface area contributed by atoms with Gasteiger partial charge in [-0.25, -0.2) is 13.1 Å². The third-order valence-electron chi connectivity index (χ3n) is 3.61. The molecule has 2 rings (SSSR count). The van der Waals surface area contributed by atoms with Crippen molar-refractivity contribution in [1.82, 2.24) is 10.0 Å². The zero-order valence-corrected chi connectivity index (χ0v) is 13.2. The van der Waals surface area contributed by atoms with E-state index in [1.807, 2.05) is 0 Å². The van der Waals surface area contributed by atoms with Crippen molar-refractivity contribution in [3.8, 4) is 11.5 Å². The summed E-state index contributed by atoms with van der Waals surface area (Å²) in [6.45, 7) is 1.43. The molecular weight excluding hydrogens is 292 g/mol. The van der Waals surface area contributed by atoms with Gasteiger partial charge in [-0.3, -0.25) is 0 Å². The Morgan fingerprint density at radius 1 is 1.33 bits per heavy atom. The second-order valence-electron chi connectivity index (χ2n) is 5.00. The minimum Gasteiger partial charge on any atom is -0.497 e. The molecule has 0 unspecified atom stereocenters. The quantitative estimate of drug-likeness (QED) is 0.789. The third kappa shape index (κ3) is 4.09. The highest BCUT2D eigenvalue weighted by Gasteiger charge is 2.21. The van der Waals surface area contributed by atoms with Crippen molar-refractivity contribution >= 4 is 10.0 Å². The van der Waals surface area contributed by atoms with E-state index in [0.29, 0.717) is 18.3 Å². The summed E-state index contributed by atoms with van der Waals surface area (Å²) in [4.78, 5) is 0.130. The van der Waals surface area contributed by atoms with Crippen LogP contribution in [-0.2, 0) is 10.0 Å². The van der Waals surface area contributed by atoms with E-state index in [1.54, 1.807) is 12.1 Å². The maximum absolute atomic E-state index is 12.3. The second-order valence-corrected chi connectivity index (χ2v) is 6.73. The van der Waals surface area contributed by atoms with E-state index in [1.165, 1.54) is 20.3 Å². The fourth-order valence-corrected chi connectivity index (χ4v) is 3.64. The maximum Gasteiger partial charge on any atom is 0.244 e. The zero-order chi connectivity index (χ0) is 15.3. The van der Waals surface area contributed by atoms with Gasteiger partial charge in [0.2, 0.25) is 10.0 Å². The predicted octanol–water partition coefficient (Wildman–Crippen LogP) is 1.12. The van der Waals surface area contributed by atoms with Crippen LogP contribution in [0.2, 0.25) is 0 Å². The summed E-state index contributed by atoms with van der Waals surface area (Å²) in [5.74, 6) is 0.835. The molecule has 7 heteroatoms. The molecule has 2 N–H and O–H groups in total. The van der Waals surface area contributed by atoms with Crippen LogP contribution in [0.1, 0.15) is 19.3 Å². The van der Waals surface area contributed by atoms with E-state index in [2.05, 4.69) is 10.0 Å². The monoisotopic (exact) mass is 314 g/mol. The molecule has 6 nitrogen and oxygen atoms in total. The molecule has 118 valence electrons. The number of benzene rings is 1. The number of ether oxygens (including phenoxy) is 2. The van der Waals surface area contributed by atoms with Gasteiger partial charge in [-0.05, 0) is 37.9 Å². The molecule has 1 aromatic rings. The Balaban J connectivity index is 2.04. The molecule has 0 aromatic heterocycles. The molecule has 1 saturated heterocycles. The van der Waals surface area contributed by atoms with Crippen molar-refractivity contribution in [1.29, 1.82) is 0 Å². The van der Waals surface area contributed by atoms with E-state index < -0.39 is 10.0 Å². The van der Waals surface area contributed by atoms with Crippen LogP contribution in [0.5, 0.6) is 11.5 Å². The van der Waals surface area contributed by atoms with Gasteiger partial charge in [-0.1, -0.05) is 0 Å². The highest BCUT2D eigenvalue weighted by atomic mass is 32.2. The molecule has 0 aliphatic carbocycles. The number of nitrogens with one attached hydrogen (secondary N) is 2. The number of hydrogen-bond donors (Lipinski definition) is 2. The Morgan fingerprint density at radius 2 is 2.14 bits per heavy atom. The number of sulfonamides is 1. The molecule has 1 aromatic carbocycles. The van der Waals surface area contributed by atoms with Crippen LogP contribution in [0, 0.1) is 0 Å². The van der Waals surface area contributed by atoms with Gasteiger partial charge in [0.15, 0.2) is 0 Å². The standard InChI is InChI=1S/C14H22N2O4S/c1-19-12-5-6-14(13(10-12)20-2)21(17,18)16-9-7-11-4-3-8-15-11/h5-6,10-11,15-16H,3-4,7-9H2,1-2H3/t11-/m0/s1. The van der Waals surface area contributed by atoms with Crippen molar-refractivity contribution in [2.75, 3.05) is 27.3 Å². The van der Waals surface area contributed by atoms with E-state index in [-0.39, 0.29) is 10.6 Å². The number of hydrogen-bond acceptors (Lipinski definition) is 5. The highest BCUT2D eigenvalue weighted by molar-refractivity contribution is 7.89. The average Bonchev–Trinajstić information content (AvgIpc) is 2.99. The average molecular weight is 314 g/mol. The Bertz CT molecular complexity index is 568. The van der Waals surface area contributed by atoms with Crippen LogP contribution in [0.3, 0.4) is 0 Å². The zero-order valence-electron chi connectivity index (χ0n) is 12.4. The normalized spacial score (nSPS) is 18.7. The van der Waals surface area contributed by atoms with Crippen LogP contribution < -0.4 is 19.5 Å². The lowest BCUT2D eigenvalue weighted by Gasteiger charge is -2.13. The maximum atomic E-state index is 12.3. The van der Waals surface area contributed by atoms with Gasteiger partial charge in [0.25, 0.3) is 0 Å². The summed E-state index contributed by atoms with van der Waals surface area (Å²) in [7, 11) is -0.614. The lowest BCUT2D eigenvalue weighted by Crippen LogP contribution is -2.30. The lowest BCUT2D eigenvalue weighted by atomic mass is 10.2. The van der Waals surface area contributed by atoms with Crippen molar-refractivity contribution in [3.63, 3.8) is 0 Å². The molecule has 0 bridgehead atoms. The van der Waals surface area contributed by atoms with Crippen LogP contribution in [0.25, 0.3) is 0 Å². The fraction of sp³-hybridized carbons (Fsp3) is 0.571. The Morgan fingerprint density at radius 3 is 2.76 bits per heavy atom. The minimum absolute atomic E-state index is 0.130.